The highest BCUT2D eigenvalue weighted by molar-refractivity contribution is 5.85. The van der Waals surface area contributed by atoms with Gasteiger partial charge in [-0.15, -0.1) is 12.4 Å². The SMILES string of the molecule is Cl.N[C@@H](CC(F)(F)F)C(=O)OCc1ccccc1. The molecule has 1 aromatic carbocycles. The lowest BCUT2D eigenvalue weighted by Gasteiger charge is -2.13. The Morgan fingerprint density at radius 2 is 1.83 bits per heavy atom. The molecule has 1 atom stereocenters. The van der Waals surface area contributed by atoms with Gasteiger partial charge in [0.05, 0.1) is 6.42 Å². The van der Waals surface area contributed by atoms with Crippen LogP contribution in [0.3, 0.4) is 0 Å². The molecule has 0 heterocycles. The smallest absolute Gasteiger partial charge is 0.391 e. The summed E-state index contributed by atoms with van der Waals surface area (Å²) in [4.78, 5) is 11.1. The number of carbonyl (C=O) groups is 1. The fourth-order valence-corrected chi connectivity index (χ4v) is 1.17. The van der Waals surface area contributed by atoms with Gasteiger partial charge in [-0.05, 0) is 5.56 Å². The Kier molecular flexibility index (Phi) is 6.72. The highest BCUT2D eigenvalue weighted by atomic mass is 35.5. The van der Waals surface area contributed by atoms with E-state index in [4.69, 9.17) is 5.73 Å². The van der Waals surface area contributed by atoms with Crippen LogP contribution in [0.25, 0.3) is 0 Å². The fourth-order valence-electron chi connectivity index (χ4n) is 1.17. The average molecular weight is 284 g/mol. The van der Waals surface area contributed by atoms with Gasteiger partial charge in [-0.3, -0.25) is 4.79 Å². The van der Waals surface area contributed by atoms with Gasteiger partial charge < -0.3 is 10.5 Å². The molecule has 1 rings (SSSR count). The molecule has 0 aliphatic rings. The maximum atomic E-state index is 11.9. The van der Waals surface area contributed by atoms with E-state index < -0.39 is 24.6 Å². The maximum Gasteiger partial charge on any atom is 0.391 e. The Bertz CT molecular complexity index is 370. The Balaban J connectivity index is 0.00000289. The Morgan fingerprint density at radius 3 is 2.33 bits per heavy atom. The van der Waals surface area contributed by atoms with Crippen LogP contribution in [0.5, 0.6) is 0 Å². The van der Waals surface area contributed by atoms with Crippen molar-refractivity contribution in [1.82, 2.24) is 0 Å². The first kappa shape index (κ1) is 16.7. The number of rotatable bonds is 4. The molecule has 102 valence electrons. The summed E-state index contributed by atoms with van der Waals surface area (Å²) in [5, 5.41) is 0. The number of alkyl halides is 3. The number of ether oxygens (including phenoxy) is 1. The number of esters is 1. The molecule has 0 spiro atoms. The van der Waals surface area contributed by atoms with Gasteiger partial charge in [-0.1, -0.05) is 30.3 Å². The molecule has 3 nitrogen and oxygen atoms in total. The quantitative estimate of drug-likeness (QED) is 0.864. The van der Waals surface area contributed by atoms with Crippen molar-refractivity contribution in [3.05, 3.63) is 35.9 Å². The molecule has 0 saturated heterocycles. The van der Waals surface area contributed by atoms with Gasteiger partial charge >= 0.3 is 12.1 Å². The number of nitrogens with two attached hydrogens (primary N) is 1. The number of hydrogen-bond donors (Lipinski definition) is 1. The molecule has 0 aromatic heterocycles. The van der Waals surface area contributed by atoms with E-state index in [9.17, 15) is 18.0 Å². The van der Waals surface area contributed by atoms with Crippen LogP contribution in [-0.2, 0) is 16.1 Å². The van der Waals surface area contributed by atoms with E-state index in [1.807, 2.05) is 0 Å². The maximum absolute atomic E-state index is 11.9. The summed E-state index contributed by atoms with van der Waals surface area (Å²) in [7, 11) is 0. The second kappa shape index (κ2) is 7.23. The number of hydrogen-bond acceptors (Lipinski definition) is 3. The van der Waals surface area contributed by atoms with Crippen LogP contribution < -0.4 is 5.73 Å². The van der Waals surface area contributed by atoms with Crippen molar-refractivity contribution in [1.29, 1.82) is 0 Å². The summed E-state index contributed by atoms with van der Waals surface area (Å²) in [6.45, 7) is -0.0781. The molecule has 0 bridgehead atoms. The molecule has 0 radical (unpaired) electrons. The zero-order valence-corrected chi connectivity index (χ0v) is 10.1. The van der Waals surface area contributed by atoms with Crippen molar-refractivity contribution in [2.45, 2.75) is 25.2 Å². The Hall–Kier alpha value is -1.27. The lowest BCUT2D eigenvalue weighted by atomic mass is 10.2. The van der Waals surface area contributed by atoms with Crippen molar-refractivity contribution in [3.8, 4) is 0 Å². The van der Waals surface area contributed by atoms with Crippen LogP contribution in [0.1, 0.15) is 12.0 Å². The van der Waals surface area contributed by atoms with Gasteiger partial charge in [0, 0.05) is 0 Å². The van der Waals surface area contributed by atoms with E-state index in [-0.39, 0.29) is 19.0 Å². The minimum atomic E-state index is -4.47. The number of halogens is 4. The van der Waals surface area contributed by atoms with Crippen LogP contribution in [-0.4, -0.2) is 18.2 Å². The summed E-state index contributed by atoms with van der Waals surface area (Å²) >= 11 is 0. The minimum absolute atomic E-state index is 0. The first-order valence-corrected chi connectivity index (χ1v) is 4.91. The first-order valence-electron chi connectivity index (χ1n) is 4.91. The lowest BCUT2D eigenvalue weighted by molar-refractivity contribution is -0.161. The van der Waals surface area contributed by atoms with Crippen molar-refractivity contribution in [2.24, 2.45) is 5.73 Å². The summed E-state index contributed by atoms with van der Waals surface area (Å²) in [6.07, 6.45) is -5.84. The standard InChI is InChI=1S/C11H12F3NO2.ClH/c12-11(13,14)6-9(15)10(16)17-7-8-4-2-1-3-5-8;/h1-5,9H,6-7,15H2;1H/t9-;/m0./s1. The number of carbonyl (C=O) groups excluding carboxylic acids is 1. The van der Waals surface area contributed by atoms with Crippen molar-refractivity contribution < 1.29 is 22.7 Å². The molecule has 0 saturated carbocycles. The average Bonchev–Trinajstić information content (AvgIpc) is 2.25. The van der Waals surface area contributed by atoms with E-state index in [0.717, 1.165) is 0 Å². The Morgan fingerprint density at radius 1 is 1.28 bits per heavy atom. The third-order valence-corrected chi connectivity index (χ3v) is 1.98. The van der Waals surface area contributed by atoms with E-state index in [1.54, 1.807) is 30.3 Å². The topological polar surface area (TPSA) is 52.3 Å². The van der Waals surface area contributed by atoms with Crippen molar-refractivity contribution >= 4 is 18.4 Å². The van der Waals surface area contributed by atoms with Gasteiger partial charge in [0.25, 0.3) is 0 Å². The van der Waals surface area contributed by atoms with Crippen LogP contribution in [0.2, 0.25) is 0 Å². The van der Waals surface area contributed by atoms with E-state index in [2.05, 4.69) is 4.74 Å². The summed E-state index contributed by atoms with van der Waals surface area (Å²) in [5.74, 6) is -1.05. The predicted octanol–water partition coefficient (Wildman–Crippen LogP) is 2.43. The molecule has 0 fully saturated rings. The second-order valence-corrected chi connectivity index (χ2v) is 3.52. The summed E-state index contributed by atoms with van der Waals surface area (Å²) < 4.78 is 40.5. The third kappa shape index (κ3) is 6.46. The van der Waals surface area contributed by atoms with Gasteiger partial charge in [0.1, 0.15) is 12.6 Å². The van der Waals surface area contributed by atoms with Crippen LogP contribution in [0.4, 0.5) is 13.2 Å². The number of benzene rings is 1. The molecular formula is C11H13ClF3NO2. The van der Waals surface area contributed by atoms with E-state index in [0.29, 0.717) is 5.56 Å². The molecule has 0 amide bonds. The highest BCUT2D eigenvalue weighted by Crippen LogP contribution is 2.21. The van der Waals surface area contributed by atoms with Gasteiger partial charge in [-0.2, -0.15) is 13.2 Å². The highest BCUT2D eigenvalue weighted by Gasteiger charge is 2.34. The third-order valence-electron chi connectivity index (χ3n) is 1.98. The van der Waals surface area contributed by atoms with Crippen LogP contribution in [0.15, 0.2) is 30.3 Å². The minimum Gasteiger partial charge on any atom is -0.460 e. The van der Waals surface area contributed by atoms with Crippen molar-refractivity contribution in [2.75, 3.05) is 0 Å². The largest absolute Gasteiger partial charge is 0.460 e. The van der Waals surface area contributed by atoms with Crippen LogP contribution >= 0.6 is 12.4 Å². The molecule has 7 heteroatoms. The Labute approximate surface area is 109 Å². The lowest BCUT2D eigenvalue weighted by Crippen LogP contribution is -2.36. The molecule has 0 aliphatic carbocycles. The zero-order valence-electron chi connectivity index (χ0n) is 9.31. The fraction of sp³-hybridized carbons (Fsp3) is 0.364. The second-order valence-electron chi connectivity index (χ2n) is 3.52. The van der Waals surface area contributed by atoms with Gasteiger partial charge in [0.15, 0.2) is 0 Å². The van der Waals surface area contributed by atoms with E-state index in [1.165, 1.54) is 0 Å². The molecule has 2 N–H and O–H groups in total. The molecule has 18 heavy (non-hydrogen) atoms. The summed E-state index contributed by atoms with van der Waals surface area (Å²) in [6, 6.07) is 6.97. The normalized spacial score (nSPS) is 12.4. The van der Waals surface area contributed by atoms with E-state index >= 15 is 0 Å². The summed E-state index contributed by atoms with van der Waals surface area (Å²) in [5.41, 5.74) is 5.77. The molecule has 0 unspecified atom stereocenters. The zero-order chi connectivity index (χ0) is 12.9. The van der Waals surface area contributed by atoms with Gasteiger partial charge in [0.2, 0.25) is 0 Å². The first-order chi connectivity index (χ1) is 7.88. The van der Waals surface area contributed by atoms with Crippen LogP contribution in [0, 0.1) is 0 Å². The monoisotopic (exact) mass is 283 g/mol. The van der Waals surface area contributed by atoms with Crippen molar-refractivity contribution in [3.63, 3.8) is 0 Å². The molecule has 0 aliphatic heterocycles. The predicted molar refractivity (Wildman–Crippen MR) is 62.1 cm³/mol. The van der Waals surface area contributed by atoms with Gasteiger partial charge in [-0.25, -0.2) is 0 Å². The molecule has 1 aromatic rings. The molecular weight excluding hydrogens is 271 g/mol.